The average molecular weight is 214 g/mol. The topological polar surface area (TPSA) is 38.0 Å². The normalized spacial score (nSPS) is 43.1. The molecule has 0 aromatic heterocycles. The molecule has 0 saturated heterocycles. The largest absolute Gasteiger partial charge is 0.399 e. The molecule has 3 aliphatic carbocycles. The van der Waals surface area contributed by atoms with Gasteiger partial charge in [-0.15, -0.1) is 0 Å². The Morgan fingerprint density at radius 1 is 1.00 bits per heavy atom. The van der Waals surface area contributed by atoms with Crippen molar-refractivity contribution in [1.82, 2.24) is 0 Å². The van der Waals surface area contributed by atoms with Gasteiger partial charge in [0.1, 0.15) is 0 Å². The Balaban J connectivity index is 1.48. The summed E-state index contributed by atoms with van der Waals surface area (Å²) < 4.78 is 0. The standard InChI is InChI=1S/C14H18N2/c15-10-3-5-11(6-4-10)16-14-12-8-1-2-9(7-8)13(12)14/h3-6,8-9,12-14,16H,1-2,7,15H2. The van der Waals surface area contributed by atoms with E-state index >= 15 is 0 Å². The van der Waals surface area contributed by atoms with Crippen molar-refractivity contribution < 1.29 is 0 Å². The zero-order valence-corrected chi connectivity index (χ0v) is 9.39. The van der Waals surface area contributed by atoms with Crippen molar-refractivity contribution >= 4 is 11.4 Å². The smallest absolute Gasteiger partial charge is 0.0344 e. The Labute approximate surface area is 96.2 Å². The van der Waals surface area contributed by atoms with Crippen LogP contribution in [0.15, 0.2) is 24.3 Å². The molecule has 0 spiro atoms. The number of nitrogen functional groups attached to an aromatic ring is 1. The first-order chi connectivity index (χ1) is 7.83. The number of hydrogen-bond donors (Lipinski definition) is 2. The maximum absolute atomic E-state index is 5.69. The van der Waals surface area contributed by atoms with E-state index in [1.54, 1.807) is 0 Å². The van der Waals surface area contributed by atoms with Crippen molar-refractivity contribution in [3.05, 3.63) is 24.3 Å². The van der Waals surface area contributed by atoms with E-state index in [1.807, 2.05) is 12.1 Å². The molecule has 3 aliphatic rings. The first kappa shape index (κ1) is 8.91. The molecule has 1 aromatic carbocycles. The maximum Gasteiger partial charge on any atom is 0.0344 e. The first-order valence-corrected chi connectivity index (χ1v) is 6.45. The number of rotatable bonds is 2. The van der Waals surface area contributed by atoms with Gasteiger partial charge in [-0.25, -0.2) is 0 Å². The van der Waals surface area contributed by atoms with Crippen LogP contribution in [0.3, 0.4) is 0 Å². The van der Waals surface area contributed by atoms with Gasteiger partial charge in [-0.2, -0.15) is 0 Å². The Morgan fingerprint density at radius 3 is 2.25 bits per heavy atom. The van der Waals surface area contributed by atoms with Gasteiger partial charge < -0.3 is 11.1 Å². The summed E-state index contributed by atoms with van der Waals surface area (Å²) in [7, 11) is 0. The predicted octanol–water partition coefficient (Wildman–Crippen LogP) is 2.73. The lowest BCUT2D eigenvalue weighted by Crippen LogP contribution is -2.12. The van der Waals surface area contributed by atoms with E-state index in [0.29, 0.717) is 0 Å². The minimum absolute atomic E-state index is 0.773. The second kappa shape index (κ2) is 2.93. The SMILES string of the molecule is Nc1ccc(NC2C3C4CCC(C4)C23)cc1. The van der Waals surface area contributed by atoms with Gasteiger partial charge in [0.15, 0.2) is 0 Å². The van der Waals surface area contributed by atoms with Gasteiger partial charge >= 0.3 is 0 Å². The molecule has 4 atom stereocenters. The molecular weight excluding hydrogens is 196 g/mol. The van der Waals surface area contributed by atoms with E-state index in [2.05, 4.69) is 17.4 Å². The van der Waals surface area contributed by atoms with Gasteiger partial charge in [-0.3, -0.25) is 0 Å². The average Bonchev–Trinajstić information content (AvgIpc) is 2.72. The summed E-state index contributed by atoms with van der Waals surface area (Å²) in [5, 5.41) is 3.69. The van der Waals surface area contributed by atoms with Crippen LogP contribution in [-0.4, -0.2) is 6.04 Å². The third-order valence-electron chi connectivity index (χ3n) is 4.98. The number of hydrogen-bond acceptors (Lipinski definition) is 2. The van der Waals surface area contributed by atoms with Crippen molar-refractivity contribution in [3.8, 4) is 0 Å². The van der Waals surface area contributed by atoms with Crippen LogP contribution in [0.5, 0.6) is 0 Å². The quantitative estimate of drug-likeness (QED) is 0.743. The number of fused-ring (bicyclic) bond motifs is 5. The summed E-state index contributed by atoms with van der Waals surface area (Å²) in [6.45, 7) is 0. The molecule has 3 fully saturated rings. The maximum atomic E-state index is 5.69. The summed E-state index contributed by atoms with van der Waals surface area (Å²) >= 11 is 0. The van der Waals surface area contributed by atoms with E-state index in [1.165, 1.54) is 24.9 Å². The summed E-state index contributed by atoms with van der Waals surface area (Å²) in [5.41, 5.74) is 7.78. The zero-order chi connectivity index (χ0) is 10.7. The number of anilines is 2. The van der Waals surface area contributed by atoms with Crippen LogP contribution >= 0.6 is 0 Å². The first-order valence-electron chi connectivity index (χ1n) is 6.45. The van der Waals surface area contributed by atoms with Crippen LogP contribution in [0.25, 0.3) is 0 Å². The number of nitrogens with two attached hydrogens (primary N) is 1. The molecule has 4 rings (SSSR count). The van der Waals surface area contributed by atoms with Gasteiger partial charge in [-0.05, 0) is 67.2 Å². The molecule has 4 unspecified atom stereocenters. The van der Waals surface area contributed by atoms with Gasteiger partial charge in [-0.1, -0.05) is 0 Å². The van der Waals surface area contributed by atoms with Gasteiger partial charge in [0.25, 0.3) is 0 Å². The third-order valence-corrected chi connectivity index (χ3v) is 4.98. The van der Waals surface area contributed by atoms with E-state index in [9.17, 15) is 0 Å². The molecule has 3 saturated carbocycles. The Bertz CT molecular complexity index is 395. The van der Waals surface area contributed by atoms with Crippen LogP contribution in [-0.2, 0) is 0 Å². The minimum Gasteiger partial charge on any atom is -0.399 e. The molecule has 84 valence electrons. The van der Waals surface area contributed by atoms with E-state index < -0.39 is 0 Å². The highest BCUT2D eigenvalue weighted by molar-refractivity contribution is 5.53. The van der Waals surface area contributed by atoms with Crippen LogP contribution in [0.4, 0.5) is 11.4 Å². The fourth-order valence-electron chi connectivity index (χ4n) is 4.29. The van der Waals surface area contributed by atoms with Gasteiger partial charge in [0.2, 0.25) is 0 Å². The van der Waals surface area contributed by atoms with Crippen molar-refractivity contribution in [2.45, 2.75) is 25.3 Å². The van der Waals surface area contributed by atoms with Crippen LogP contribution in [0, 0.1) is 23.7 Å². The third kappa shape index (κ3) is 1.13. The molecule has 0 aliphatic heterocycles. The van der Waals surface area contributed by atoms with Crippen LogP contribution in [0.1, 0.15) is 19.3 Å². The van der Waals surface area contributed by atoms with Crippen LogP contribution < -0.4 is 11.1 Å². The summed E-state index contributed by atoms with van der Waals surface area (Å²) in [4.78, 5) is 0. The van der Waals surface area contributed by atoms with Crippen molar-refractivity contribution in [2.24, 2.45) is 23.7 Å². The zero-order valence-electron chi connectivity index (χ0n) is 9.39. The van der Waals surface area contributed by atoms with E-state index in [4.69, 9.17) is 5.73 Å². The Kier molecular flexibility index (Phi) is 1.63. The van der Waals surface area contributed by atoms with E-state index in [0.717, 1.165) is 35.4 Å². The molecule has 0 heterocycles. The summed E-state index contributed by atoms with van der Waals surface area (Å²) in [5.74, 6) is 4.08. The molecule has 2 bridgehead atoms. The fourth-order valence-corrected chi connectivity index (χ4v) is 4.29. The van der Waals surface area contributed by atoms with Crippen molar-refractivity contribution in [1.29, 1.82) is 0 Å². The monoisotopic (exact) mass is 214 g/mol. The molecule has 0 amide bonds. The lowest BCUT2D eigenvalue weighted by molar-refractivity contribution is 0.456. The number of nitrogens with one attached hydrogen (secondary N) is 1. The van der Waals surface area contributed by atoms with Crippen molar-refractivity contribution in [2.75, 3.05) is 11.1 Å². The fraction of sp³-hybridized carbons (Fsp3) is 0.571. The molecule has 16 heavy (non-hydrogen) atoms. The predicted molar refractivity (Wildman–Crippen MR) is 66.1 cm³/mol. The molecule has 0 radical (unpaired) electrons. The molecule has 2 nitrogen and oxygen atoms in total. The molecule has 3 N–H and O–H groups in total. The molecule has 2 heteroatoms. The second-order valence-corrected chi connectivity index (χ2v) is 5.78. The van der Waals surface area contributed by atoms with E-state index in [-0.39, 0.29) is 0 Å². The lowest BCUT2D eigenvalue weighted by atomic mass is 10.0. The Morgan fingerprint density at radius 2 is 1.62 bits per heavy atom. The second-order valence-electron chi connectivity index (χ2n) is 5.78. The van der Waals surface area contributed by atoms with Crippen LogP contribution in [0.2, 0.25) is 0 Å². The van der Waals surface area contributed by atoms with Gasteiger partial charge in [0.05, 0.1) is 0 Å². The molecule has 1 aromatic rings. The minimum atomic E-state index is 0.773. The molecular formula is C14H18N2. The highest BCUT2D eigenvalue weighted by atomic mass is 15.0. The number of benzene rings is 1. The highest BCUT2D eigenvalue weighted by Crippen LogP contribution is 2.66. The Hall–Kier alpha value is -1.18. The summed E-state index contributed by atoms with van der Waals surface area (Å²) in [6.07, 6.45) is 4.51. The lowest BCUT2D eigenvalue weighted by Gasteiger charge is -2.11. The van der Waals surface area contributed by atoms with Gasteiger partial charge in [0, 0.05) is 17.4 Å². The summed E-state index contributed by atoms with van der Waals surface area (Å²) in [6, 6.07) is 8.94. The highest BCUT2D eigenvalue weighted by Gasteiger charge is 2.64. The van der Waals surface area contributed by atoms with Crippen molar-refractivity contribution in [3.63, 3.8) is 0 Å².